The Morgan fingerprint density at radius 3 is 2.62 bits per heavy atom. The molecule has 0 amide bonds. The van der Waals surface area contributed by atoms with Gasteiger partial charge in [-0.1, -0.05) is 18.2 Å². The highest BCUT2D eigenvalue weighted by molar-refractivity contribution is 5.79. The Morgan fingerprint density at radius 1 is 1.06 bits per heavy atom. The number of ether oxygens (including phenoxy) is 2. The van der Waals surface area contributed by atoms with Crippen LogP contribution in [0, 0.1) is 17.1 Å². The summed E-state index contributed by atoms with van der Waals surface area (Å²) in [5, 5.41) is 13.5. The van der Waals surface area contributed by atoms with Crippen LogP contribution in [0.2, 0.25) is 0 Å². The molecule has 0 radical (unpaired) electrons. The molecule has 2 N–H and O–H groups in total. The van der Waals surface area contributed by atoms with Gasteiger partial charge in [0.05, 0.1) is 17.8 Å². The molecule has 1 aromatic heterocycles. The molecule has 3 aromatic carbocycles. The van der Waals surface area contributed by atoms with E-state index < -0.39 is 11.4 Å². The Balaban J connectivity index is 1.57. The van der Waals surface area contributed by atoms with Crippen molar-refractivity contribution in [1.29, 1.82) is 5.26 Å². The zero-order valence-electron chi connectivity index (χ0n) is 18.1. The molecule has 0 aliphatic carbocycles. The fourth-order valence-electron chi connectivity index (χ4n) is 4.59. The first kappa shape index (κ1) is 20.0. The lowest BCUT2D eigenvalue weighted by Gasteiger charge is -2.34. The fraction of sp³-hybridized carbons (Fsp3) is 0.115. The molecule has 7 nitrogen and oxygen atoms in total. The van der Waals surface area contributed by atoms with Gasteiger partial charge in [-0.25, -0.2) is 9.38 Å². The summed E-state index contributed by atoms with van der Waals surface area (Å²) in [4.78, 5) is 4.66. The van der Waals surface area contributed by atoms with E-state index in [-0.39, 0.29) is 18.4 Å². The van der Waals surface area contributed by atoms with E-state index in [9.17, 15) is 5.26 Å². The Hall–Kier alpha value is -4.64. The second-order valence-electron chi connectivity index (χ2n) is 8.34. The molecule has 0 saturated heterocycles. The summed E-state index contributed by atoms with van der Waals surface area (Å²) >= 11 is 0. The van der Waals surface area contributed by atoms with Crippen LogP contribution in [-0.4, -0.2) is 22.4 Å². The van der Waals surface area contributed by atoms with Crippen LogP contribution in [0.15, 0.2) is 72.0 Å². The molecule has 2 aliphatic heterocycles. The summed E-state index contributed by atoms with van der Waals surface area (Å²) in [7, 11) is 1.80. The number of aryl methyl sites for hydroxylation is 1. The highest BCUT2D eigenvalue weighted by Gasteiger charge is 2.48. The highest BCUT2D eigenvalue weighted by Crippen LogP contribution is 2.53. The molecule has 0 saturated carbocycles. The van der Waals surface area contributed by atoms with E-state index in [1.54, 1.807) is 30.1 Å². The Labute approximate surface area is 194 Å². The molecule has 6 rings (SSSR count). The smallest absolute Gasteiger partial charge is 0.283 e. The zero-order chi connectivity index (χ0) is 23.4. The first-order chi connectivity index (χ1) is 16.5. The molecule has 1 atom stereocenters. The molecule has 0 fully saturated rings. The Morgan fingerprint density at radius 2 is 1.88 bits per heavy atom. The quantitative estimate of drug-likeness (QED) is 0.485. The van der Waals surface area contributed by atoms with Crippen LogP contribution in [0.4, 0.5) is 4.39 Å². The number of hydrogen-bond acceptors (Lipinski definition) is 6. The number of benzene rings is 3. The van der Waals surface area contributed by atoms with Crippen LogP contribution in [-0.2, 0) is 17.3 Å². The molecule has 4 aromatic rings. The van der Waals surface area contributed by atoms with Gasteiger partial charge in [-0.15, -0.1) is 0 Å². The topological polar surface area (TPSA) is 98.5 Å². The van der Waals surface area contributed by atoms with Gasteiger partial charge in [0, 0.05) is 29.9 Å². The largest absolute Gasteiger partial charge is 0.462 e. The summed E-state index contributed by atoms with van der Waals surface area (Å²) in [6, 6.07) is 18.4. The first-order valence-electron chi connectivity index (χ1n) is 10.6. The normalized spacial score (nSPS) is 17.9. The number of aromatic nitrogens is 2. The minimum Gasteiger partial charge on any atom is -0.462 e. The van der Waals surface area contributed by atoms with Crippen LogP contribution in [0.1, 0.15) is 16.7 Å². The average molecular weight is 451 g/mol. The molecule has 8 heteroatoms. The van der Waals surface area contributed by atoms with Crippen molar-refractivity contribution >= 4 is 6.02 Å². The molecular formula is C26H18FN5O2. The fourth-order valence-corrected chi connectivity index (χ4v) is 4.59. The highest BCUT2D eigenvalue weighted by atomic mass is 19.1. The van der Waals surface area contributed by atoms with Crippen molar-refractivity contribution in [3.05, 3.63) is 89.5 Å². The maximum atomic E-state index is 15.4. The van der Waals surface area contributed by atoms with E-state index in [2.05, 4.69) is 16.2 Å². The average Bonchev–Trinajstić information content (AvgIpc) is 3.46. The second kappa shape index (κ2) is 7.18. The number of hydrogen-bond donors (Lipinski definition) is 1. The lowest BCUT2D eigenvalue weighted by molar-refractivity contribution is 0.262. The van der Waals surface area contributed by atoms with E-state index in [1.165, 1.54) is 6.07 Å². The van der Waals surface area contributed by atoms with Gasteiger partial charge in [-0.05, 0) is 53.1 Å². The van der Waals surface area contributed by atoms with Crippen LogP contribution in [0.3, 0.4) is 0 Å². The standard InChI is InChI=1S/C26H18FN5O2/c1-32-13-19(12-30-32)18-9-21-24(22(27)10-18)34-23-6-5-17(16-4-2-3-15(7-16)11-28)8-20(23)26(21)14-33-25(29)31-26/h2-10,12-13H,14H2,1H3,(H2,29,31)/t26-/m0/s1. The van der Waals surface area contributed by atoms with Gasteiger partial charge in [-0.2, -0.15) is 10.4 Å². The SMILES string of the molecule is Cn1cc(-c2cc(F)c3c(c2)[C@]2(COC(N)=N2)c2cc(-c4cccc(C#N)c4)ccc2O3)cn1. The van der Waals surface area contributed by atoms with Gasteiger partial charge < -0.3 is 15.2 Å². The van der Waals surface area contributed by atoms with Crippen molar-refractivity contribution in [1.82, 2.24) is 9.78 Å². The van der Waals surface area contributed by atoms with E-state index in [0.29, 0.717) is 28.0 Å². The summed E-state index contributed by atoms with van der Waals surface area (Å²) in [6.07, 6.45) is 3.49. The first-order valence-corrected chi connectivity index (χ1v) is 10.6. The minimum absolute atomic E-state index is 0.0304. The number of rotatable bonds is 2. The van der Waals surface area contributed by atoms with Gasteiger partial charge in [0.25, 0.3) is 6.02 Å². The second-order valence-corrected chi connectivity index (χ2v) is 8.34. The number of aliphatic imine (C=N–C) groups is 1. The van der Waals surface area contributed by atoms with Crippen molar-refractivity contribution in [2.75, 3.05) is 6.61 Å². The van der Waals surface area contributed by atoms with E-state index >= 15 is 4.39 Å². The van der Waals surface area contributed by atoms with Gasteiger partial charge >= 0.3 is 0 Å². The molecule has 34 heavy (non-hydrogen) atoms. The van der Waals surface area contributed by atoms with Crippen LogP contribution < -0.4 is 10.5 Å². The third-order valence-electron chi connectivity index (χ3n) is 6.22. The number of amidine groups is 1. The third-order valence-corrected chi connectivity index (χ3v) is 6.22. The number of fused-ring (bicyclic) bond motifs is 4. The van der Waals surface area contributed by atoms with Gasteiger partial charge in [0.15, 0.2) is 17.1 Å². The van der Waals surface area contributed by atoms with E-state index in [1.807, 2.05) is 42.6 Å². The summed E-state index contributed by atoms with van der Waals surface area (Å²) in [5.74, 6) is 0.0667. The Kier molecular flexibility index (Phi) is 4.23. The maximum absolute atomic E-state index is 15.4. The molecule has 1 spiro atoms. The lowest BCUT2D eigenvalue weighted by Crippen LogP contribution is -2.31. The number of nitrogens with zero attached hydrogens (tertiary/aromatic N) is 4. The van der Waals surface area contributed by atoms with E-state index in [0.717, 1.165) is 16.7 Å². The lowest BCUT2D eigenvalue weighted by atomic mass is 9.79. The van der Waals surface area contributed by atoms with E-state index in [4.69, 9.17) is 15.2 Å². The van der Waals surface area contributed by atoms with Gasteiger partial charge in [0.2, 0.25) is 0 Å². The summed E-state index contributed by atoms with van der Waals surface area (Å²) in [5.41, 5.74) is 9.85. The minimum atomic E-state index is -1.07. The summed E-state index contributed by atoms with van der Waals surface area (Å²) in [6.45, 7) is 0.111. The molecular weight excluding hydrogens is 433 g/mol. The third kappa shape index (κ3) is 2.94. The number of halogens is 1. The number of nitrogens with two attached hydrogens (primary N) is 1. The monoisotopic (exact) mass is 451 g/mol. The van der Waals surface area contributed by atoms with Crippen molar-refractivity contribution in [2.45, 2.75) is 5.54 Å². The van der Waals surface area contributed by atoms with Crippen LogP contribution in [0.25, 0.3) is 22.3 Å². The maximum Gasteiger partial charge on any atom is 0.283 e. The Bertz CT molecular complexity index is 1550. The van der Waals surface area contributed by atoms with Gasteiger partial charge in [-0.3, -0.25) is 4.68 Å². The summed E-state index contributed by atoms with van der Waals surface area (Å²) < 4.78 is 28.7. The predicted molar refractivity (Wildman–Crippen MR) is 124 cm³/mol. The molecule has 3 heterocycles. The van der Waals surface area contributed by atoms with Crippen LogP contribution >= 0.6 is 0 Å². The van der Waals surface area contributed by atoms with Crippen molar-refractivity contribution in [2.24, 2.45) is 17.8 Å². The van der Waals surface area contributed by atoms with Crippen molar-refractivity contribution < 1.29 is 13.9 Å². The molecule has 166 valence electrons. The zero-order valence-corrected chi connectivity index (χ0v) is 18.1. The molecule has 2 aliphatic rings. The predicted octanol–water partition coefficient (Wildman–Crippen LogP) is 4.46. The van der Waals surface area contributed by atoms with Crippen molar-refractivity contribution in [3.8, 4) is 39.8 Å². The number of nitriles is 1. The molecule has 0 unspecified atom stereocenters. The van der Waals surface area contributed by atoms with Gasteiger partial charge in [0.1, 0.15) is 12.4 Å². The van der Waals surface area contributed by atoms with Crippen molar-refractivity contribution in [3.63, 3.8) is 0 Å². The molecule has 0 bridgehead atoms. The van der Waals surface area contributed by atoms with Crippen LogP contribution in [0.5, 0.6) is 11.5 Å².